The maximum Gasteiger partial charge on any atom is 0.410 e. The van der Waals surface area contributed by atoms with E-state index in [4.69, 9.17) is 4.74 Å². The van der Waals surface area contributed by atoms with Crippen molar-refractivity contribution in [3.8, 4) is 0 Å². The summed E-state index contributed by atoms with van der Waals surface area (Å²) in [6.45, 7) is 0.913. The third-order valence-electron chi connectivity index (χ3n) is 3.57. The first kappa shape index (κ1) is 11.2. The van der Waals surface area contributed by atoms with Crippen molar-refractivity contribution in [3.63, 3.8) is 0 Å². The van der Waals surface area contributed by atoms with Crippen molar-refractivity contribution < 1.29 is 19.4 Å². The molecule has 1 N–H and O–H groups in total. The Hall–Kier alpha value is -1.26. The summed E-state index contributed by atoms with van der Waals surface area (Å²) in [5, 5.41) is 9.41. The molecule has 1 amide bonds. The van der Waals surface area contributed by atoms with Gasteiger partial charge in [-0.2, -0.15) is 0 Å². The zero-order valence-electron chi connectivity index (χ0n) is 9.28. The quantitative estimate of drug-likeness (QED) is 0.778. The van der Waals surface area contributed by atoms with Crippen LogP contribution in [0.15, 0.2) is 0 Å². The van der Waals surface area contributed by atoms with Crippen LogP contribution in [0.2, 0.25) is 0 Å². The van der Waals surface area contributed by atoms with Gasteiger partial charge in [0.05, 0.1) is 6.61 Å². The van der Waals surface area contributed by atoms with Crippen LogP contribution in [-0.2, 0) is 9.53 Å². The SMILES string of the molecule is O=C1OCCCN1C1(C(=O)O)CCCCC1. The number of cyclic esters (lactones) is 1. The second-order valence-electron chi connectivity index (χ2n) is 4.52. The fraction of sp³-hybridized carbons (Fsp3) is 0.818. The molecular weight excluding hydrogens is 210 g/mol. The van der Waals surface area contributed by atoms with Crippen molar-refractivity contribution in [2.75, 3.05) is 13.2 Å². The van der Waals surface area contributed by atoms with Crippen LogP contribution >= 0.6 is 0 Å². The van der Waals surface area contributed by atoms with Gasteiger partial charge in [0.15, 0.2) is 0 Å². The molecule has 2 fully saturated rings. The van der Waals surface area contributed by atoms with Crippen molar-refractivity contribution >= 4 is 12.1 Å². The van der Waals surface area contributed by atoms with E-state index in [1.807, 2.05) is 0 Å². The Kier molecular flexibility index (Phi) is 3.03. The third-order valence-corrected chi connectivity index (χ3v) is 3.57. The van der Waals surface area contributed by atoms with Gasteiger partial charge in [0, 0.05) is 6.54 Å². The lowest BCUT2D eigenvalue weighted by Crippen LogP contribution is -2.59. The van der Waals surface area contributed by atoms with E-state index < -0.39 is 17.6 Å². The number of carbonyl (C=O) groups is 2. The van der Waals surface area contributed by atoms with Gasteiger partial charge in [-0.3, -0.25) is 4.90 Å². The highest BCUT2D eigenvalue weighted by Gasteiger charge is 2.48. The van der Waals surface area contributed by atoms with E-state index in [2.05, 4.69) is 0 Å². The van der Waals surface area contributed by atoms with Crippen LogP contribution in [0.25, 0.3) is 0 Å². The molecule has 0 spiro atoms. The summed E-state index contributed by atoms with van der Waals surface area (Å²) >= 11 is 0. The number of carboxylic acid groups (broad SMARTS) is 1. The topological polar surface area (TPSA) is 66.8 Å². The summed E-state index contributed by atoms with van der Waals surface area (Å²) in [6, 6.07) is 0. The number of amides is 1. The lowest BCUT2D eigenvalue weighted by molar-refractivity contribution is -0.154. The molecule has 1 saturated carbocycles. The Morgan fingerprint density at radius 3 is 2.50 bits per heavy atom. The monoisotopic (exact) mass is 227 g/mol. The predicted octanol–water partition coefficient (Wildman–Crippen LogP) is 1.62. The number of nitrogens with zero attached hydrogens (tertiary/aromatic N) is 1. The molecule has 2 aliphatic rings. The van der Waals surface area contributed by atoms with E-state index in [1.54, 1.807) is 0 Å². The molecule has 0 radical (unpaired) electrons. The largest absolute Gasteiger partial charge is 0.479 e. The molecule has 1 aliphatic heterocycles. The Morgan fingerprint density at radius 1 is 1.25 bits per heavy atom. The van der Waals surface area contributed by atoms with Gasteiger partial charge in [-0.15, -0.1) is 0 Å². The van der Waals surface area contributed by atoms with Crippen LogP contribution in [0.3, 0.4) is 0 Å². The number of carbonyl (C=O) groups excluding carboxylic acids is 1. The van der Waals surface area contributed by atoms with E-state index in [0.29, 0.717) is 26.0 Å². The van der Waals surface area contributed by atoms with Crippen LogP contribution in [-0.4, -0.2) is 40.8 Å². The van der Waals surface area contributed by atoms with E-state index >= 15 is 0 Å². The Morgan fingerprint density at radius 2 is 1.94 bits per heavy atom. The second kappa shape index (κ2) is 4.31. The standard InChI is InChI=1S/C11H17NO4/c13-9(14)11(5-2-1-3-6-11)12-7-4-8-16-10(12)15/h1-8H2,(H,13,14). The van der Waals surface area contributed by atoms with Crippen LogP contribution in [0.1, 0.15) is 38.5 Å². The predicted molar refractivity (Wildman–Crippen MR) is 56.1 cm³/mol. The van der Waals surface area contributed by atoms with Crippen molar-refractivity contribution in [1.29, 1.82) is 0 Å². The highest BCUT2D eigenvalue weighted by Crippen LogP contribution is 2.35. The highest BCUT2D eigenvalue weighted by molar-refractivity contribution is 5.84. The lowest BCUT2D eigenvalue weighted by Gasteiger charge is -2.43. The second-order valence-corrected chi connectivity index (χ2v) is 4.52. The molecule has 16 heavy (non-hydrogen) atoms. The van der Waals surface area contributed by atoms with Gasteiger partial charge >= 0.3 is 12.1 Å². The molecule has 1 heterocycles. The summed E-state index contributed by atoms with van der Waals surface area (Å²) in [5.41, 5.74) is -1.00. The third kappa shape index (κ3) is 1.74. The zero-order valence-corrected chi connectivity index (χ0v) is 9.28. The minimum atomic E-state index is -1.00. The first-order valence-electron chi connectivity index (χ1n) is 5.85. The van der Waals surface area contributed by atoms with Crippen LogP contribution in [0.5, 0.6) is 0 Å². The minimum absolute atomic E-state index is 0.408. The number of carboxylic acids is 1. The summed E-state index contributed by atoms with van der Waals surface area (Å²) in [6.07, 6.45) is 4.16. The molecule has 5 heteroatoms. The molecule has 0 atom stereocenters. The molecule has 90 valence electrons. The van der Waals surface area contributed by atoms with Crippen molar-refractivity contribution in [2.45, 2.75) is 44.1 Å². The molecule has 0 unspecified atom stereocenters. The minimum Gasteiger partial charge on any atom is -0.479 e. The molecule has 0 bridgehead atoms. The van der Waals surface area contributed by atoms with Crippen LogP contribution in [0, 0.1) is 0 Å². The molecule has 1 aliphatic carbocycles. The molecule has 0 aromatic rings. The summed E-state index contributed by atoms with van der Waals surface area (Å²) < 4.78 is 4.94. The van der Waals surface area contributed by atoms with E-state index in [9.17, 15) is 14.7 Å². The Bertz CT molecular complexity index is 294. The average Bonchev–Trinajstić information content (AvgIpc) is 2.30. The zero-order chi connectivity index (χ0) is 11.6. The Labute approximate surface area is 94.4 Å². The maximum atomic E-state index is 11.6. The fourth-order valence-corrected chi connectivity index (χ4v) is 2.68. The normalized spacial score (nSPS) is 25.0. The first-order chi connectivity index (χ1) is 7.67. The maximum absolute atomic E-state index is 11.6. The van der Waals surface area contributed by atoms with E-state index in [1.165, 1.54) is 4.90 Å². The molecule has 0 aromatic carbocycles. The molecule has 1 saturated heterocycles. The van der Waals surface area contributed by atoms with Gasteiger partial charge in [-0.25, -0.2) is 9.59 Å². The summed E-state index contributed by atoms with van der Waals surface area (Å²) in [4.78, 5) is 24.5. The number of rotatable bonds is 2. The van der Waals surface area contributed by atoms with E-state index in [-0.39, 0.29) is 0 Å². The van der Waals surface area contributed by atoms with Crippen LogP contribution < -0.4 is 0 Å². The molecular formula is C11H17NO4. The van der Waals surface area contributed by atoms with Gasteiger partial charge in [-0.05, 0) is 19.3 Å². The number of aliphatic carboxylic acids is 1. The van der Waals surface area contributed by atoms with Crippen molar-refractivity contribution in [2.24, 2.45) is 0 Å². The average molecular weight is 227 g/mol. The van der Waals surface area contributed by atoms with Gasteiger partial charge in [0.2, 0.25) is 0 Å². The molecule has 0 aromatic heterocycles. The van der Waals surface area contributed by atoms with Gasteiger partial charge in [0.1, 0.15) is 5.54 Å². The number of ether oxygens (including phenoxy) is 1. The lowest BCUT2D eigenvalue weighted by atomic mass is 9.80. The summed E-state index contributed by atoms with van der Waals surface area (Å²) in [5.74, 6) is -0.883. The van der Waals surface area contributed by atoms with Crippen LogP contribution in [0.4, 0.5) is 4.79 Å². The van der Waals surface area contributed by atoms with Crippen molar-refractivity contribution in [3.05, 3.63) is 0 Å². The first-order valence-corrected chi connectivity index (χ1v) is 5.85. The van der Waals surface area contributed by atoms with Crippen molar-refractivity contribution in [1.82, 2.24) is 4.90 Å². The molecule has 5 nitrogen and oxygen atoms in total. The van der Waals surface area contributed by atoms with E-state index in [0.717, 1.165) is 25.7 Å². The van der Waals surface area contributed by atoms with Gasteiger partial charge in [-0.1, -0.05) is 19.3 Å². The number of hydrogen-bond acceptors (Lipinski definition) is 3. The fourth-order valence-electron chi connectivity index (χ4n) is 2.68. The van der Waals surface area contributed by atoms with Gasteiger partial charge < -0.3 is 9.84 Å². The number of hydrogen-bond donors (Lipinski definition) is 1. The smallest absolute Gasteiger partial charge is 0.410 e. The highest BCUT2D eigenvalue weighted by atomic mass is 16.6. The summed E-state index contributed by atoms with van der Waals surface area (Å²) in [7, 11) is 0. The van der Waals surface area contributed by atoms with Gasteiger partial charge in [0.25, 0.3) is 0 Å². The molecule has 2 rings (SSSR count). The Balaban J connectivity index is 2.23.